The predicted octanol–water partition coefficient (Wildman–Crippen LogP) is -0.179. The Morgan fingerprint density at radius 3 is 2.71 bits per heavy atom. The third-order valence-corrected chi connectivity index (χ3v) is 5.77. The highest BCUT2D eigenvalue weighted by Crippen LogP contribution is 2.25. The summed E-state index contributed by atoms with van der Waals surface area (Å²) >= 11 is 0. The molecule has 0 unspecified atom stereocenters. The second kappa shape index (κ2) is 5.24. The third-order valence-electron chi connectivity index (χ3n) is 3.83. The summed E-state index contributed by atoms with van der Waals surface area (Å²) in [5, 5.41) is 4.16. The zero-order valence-electron chi connectivity index (χ0n) is 12.0. The van der Waals surface area contributed by atoms with Crippen LogP contribution in [0, 0.1) is 0 Å². The number of imidazole rings is 1. The SMILES string of the molecule is CN1CCN(S(=O)(=O)c2ccnn2C)C[C@@H]1c1ncc[nH]1. The number of rotatable bonds is 3. The summed E-state index contributed by atoms with van der Waals surface area (Å²) in [4.78, 5) is 9.42. The fourth-order valence-electron chi connectivity index (χ4n) is 2.57. The van der Waals surface area contributed by atoms with E-state index in [1.807, 2.05) is 7.05 Å². The normalized spacial score (nSPS) is 21.7. The third kappa shape index (κ3) is 2.47. The molecule has 2 aromatic rings. The molecule has 1 saturated heterocycles. The number of nitrogens with zero attached hydrogens (tertiary/aromatic N) is 5. The van der Waals surface area contributed by atoms with Crippen molar-refractivity contribution in [2.24, 2.45) is 7.05 Å². The second-order valence-corrected chi connectivity index (χ2v) is 7.01. The number of sulfonamides is 1. The topological polar surface area (TPSA) is 87.1 Å². The van der Waals surface area contributed by atoms with Crippen LogP contribution in [0.2, 0.25) is 0 Å². The first-order valence-corrected chi connectivity index (χ1v) is 8.12. The molecule has 0 aromatic carbocycles. The van der Waals surface area contributed by atoms with Gasteiger partial charge in [-0.05, 0) is 13.1 Å². The standard InChI is InChI=1S/C12H18N6O2S/c1-16-7-8-18(9-10(16)12-13-5-6-14-12)21(19,20)11-3-4-15-17(11)2/h3-6,10H,7-9H2,1-2H3,(H,13,14)/t10-/m1/s1. The Morgan fingerprint density at radius 1 is 1.29 bits per heavy atom. The van der Waals surface area contributed by atoms with Gasteiger partial charge in [0.15, 0.2) is 5.03 Å². The van der Waals surface area contributed by atoms with Crippen molar-refractivity contribution in [3.63, 3.8) is 0 Å². The van der Waals surface area contributed by atoms with Crippen molar-refractivity contribution in [3.05, 3.63) is 30.5 Å². The highest BCUT2D eigenvalue weighted by Gasteiger charge is 2.35. The Morgan fingerprint density at radius 2 is 2.10 bits per heavy atom. The molecule has 1 aliphatic rings. The van der Waals surface area contributed by atoms with Crippen LogP contribution >= 0.6 is 0 Å². The van der Waals surface area contributed by atoms with E-state index < -0.39 is 10.0 Å². The van der Waals surface area contributed by atoms with E-state index in [2.05, 4.69) is 20.0 Å². The quantitative estimate of drug-likeness (QED) is 0.850. The van der Waals surface area contributed by atoms with Crippen LogP contribution in [0.15, 0.2) is 29.7 Å². The van der Waals surface area contributed by atoms with Gasteiger partial charge in [0.05, 0.1) is 12.2 Å². The summed E-state index contributed by atoms with van der Waals surface area (Å²) in [5.74, 6) is 0.780. The van der Waals surface area contributed by atoms with E-state index >= 15 is 0 Å². The fourth-order valence-corrected chi connectivity index (χ4v) is 4.11. The molecule has 2 aromatic heterocycles. The van der Waals surface area contributed by atoms with E-state index in [1.165, 1.54) is 21.3 Å². The first-order valence-electron chi connectivity index (χ1n) is 6.68. The monoisotopic (exact) mass is 310 g/mol. The van der Waals surface area contributed by atoms with Crippen LogP contribution in [0.25, 0.3) is 0 Å². The van der Waals surface area contributed by atoms with E-state index in [1.54, 1.807) is 19.4 Å². The molecule has 8 nitrogen and oxygen atoms in total. The summed E-state index contributed by atoms with van der Waals surface area (Å²) in [6, 6.07) is 1.45. The molecule has 9 heteroatoms. The highest BCUT2D eigenvalue weighted by molar-refractivity contribution is 7.89. The first-order chi connectivity index (χ1) is 10.00. The molecular formula is C12H18N6O2S. The average Bonchev–Trinajstić information content (AvgIpc) is 3.10. The van der Waals surface area contributed by atoms with Crippen LogP contribution in [-0.2, 0) is 17.1 Å². The van der Waals surface area contributed by atoms with E-state index in [-0.39, 0.29) is 11.1 Å². The number of hydrogen-bond donors (Lipinski definition) is 1. The number of H-pyrrole nitrogens is 1. The molecule has 0 aliphatic carbocycles. The maximum Gasteiger partial charge on any atom is 0.260 e. The molecule has 1 N–H and O–H groups in total. The van der Waals surface area contributed by atoms with Gasteiger partial charge in [0, 0.05) is 39.1 Å². The lowest BCUT2D eigenvalue weighted by atomic mass is 10.2. The van der Waals surface area contributed by atoms with Gasteiger partial charge in [0.1, 0.15) is 5.82 Å². The van der Waals surface area contributed by atoms with E-state index in [4.69, 9.17) is 0 Å². The van der Waals surface area contributed by atoms with Crippen molar-refractivity contribution in [2.75, 3.05) is 26.7 Å². The highest BCUT2D eigenvalue weighted by atomic mass is 32.2. The van der Waals surface area contributed by atoms with Crippen molar-refractivity contribution < 1.29 is 8.42 Å². The fraction of sp³-hybridized carbons (Fsp3) is 0.500. The lowest BCUT2D eigenvalue weighted by molar-refractivity contribution is 0.142. The van der Waals surface area contributed by atoms with Gasteiger partial charge in [-0.1, -0.05) is 0 Å². The van der Waals surface area contributed by atoms with Gasteiger partial charge in [0.2, 0.25) is 0 Å². The van der Waals surface area contributed by atoms with Gasteiger partial charge in [-0.15, -0.1) is 0 Å². The van der Waals surface area contributed by atoms with Crippen LogP contribution < -0.4 is 0 Å². The lowest BCUT2D eigenvalue weighted by Gasteiger charge is -2.37. The summed E-state index contributed by atoms with van der Waals surface area (Å²) in [7, 11) is 0.0740. The Balaban J connectivity index is 1.89. The number of piperazine rings is 1. The molecule has 0 saturated carbocycles. The van der Waals surface area contributed by atoms with Crippen molar-refractivity contribution >= 4 is 10.0 Å². The maximum absolute atomic E-state index is 12.7. The van der Waals surface area contributed by atoms with Crippen LogP contribution in [0.3, 0.4) is 0 Å². The first kappa shape index (κ1) is 14.2. The van der Waals surface area contributed by atoms with E-state index in [9.17, 15) is 8.42 Å². The summed E-state index contributed by atoms with van der Waals surface area (Å²) in [5.41, 5.74) is 0. The minimum atomic E-state index is -3.53. The van der Waals surface area contributed by atoms with Crippen molar-refractivity contribution in [1.82, 2.24) is 29.0 Å². The predicted molar refractivity (Wildman–Crippen MR) is 75.9 cm³/mol. The Kier molecular flexibility index (Phi) is 3.56. The smallest absolute Gasteiger partial charge is 0.260 e. The van der Waals surface area contributed by atoms with Crippen LogP contribution in [0.5, 0.6) is 0 Å². The molecule has 0 amide bonds. The molecule has 0 spiro atoms. The van der Waals surface area contributed by atoms with E-state index in [0.717, 1.165) is 5.82 Å². The van der Waals surface area contributed by atoms with Crippen LogP contribution in [0.4, 0.5) is 0 Å². The van der Waals surface area contributed by atoms with Gasteiger partial charge in [0.25, 0.3) is 10.0 Å². The average molecular weight is 310 g/mol. The number of aromatic amines is 1. The largest absolute Gasteiger partial charge is 0.347 e. The van der Waals surface area contributed by atoms with Crippen LogP contribution in [-0.4, -0.2) is 64.1 Å². The molecule has 0 radical (unpaired) electrons. The second-order valence-electron chi connectivity index (χ2n) is 5.13. The van der Waals surface area contributed by atoms with Gasteiger partial charge < -0.3 is 4.98 Å². The summed E-state index contributed by atoms with van der Waals surface area (Å²) in [6.07, 6.45) is 4.92. The number of aryl methyl sites for hydroxylation is 1. The summed E-state index contributed by atoms with van der Waals surface area (Å²) in [6.45, 7) is 1.49. The molecule has 21 heavy (non-hydrogen) atoms. The molecule has 3 heterocycles. The number of hydrogen-bond acceptors (Lipinski definition) is 5. The molecule has 1 fully saturated rings. The van der Waals surface area contributed by atoms with Gasteiger partial charge in [-0.3, -0.25) is 9.58 Å². The molecule has 1 atom stereocenters. The maximum atomic E-state index is 12.7. The van der Waals surface area contributed by atoms with Gasteiger partial charge in [-0.2, -0.15) is 9.40 Å². The molecule has 114 valence electrons. The zero-order chi connectivity index (χ0) is 15.0. The molecule has 1 aliphatic heterocycles. The van der Waals surface area contributed by atoms with Crippen molar-refractivity contribution in [3.8, 4) is 0 Å². The number of likely N-dealkylation sites (N-methyl/N-ethyl adjacent to an activating group) is 1. The van der Waals surface area contributed by atoms with Gasteiger partial charge >= 0.3 is 0 Å². The Hall–Kier alpha value is -1.71. The zero-order valence-corrected chi connectivity index (χ0v) is 12.8. The number of nitrogens with one attached hydrogen (secondary N) is 1. The van der Waals surface area contributed by atoms with Gasteiger partial charge in [-0.25, -0.2) is 13.4 Å². The number of aromatic nitrogens is 4. The summed E-state index contributed by atoms with van der Waals surface area (Å²) < 4.78 is 28.3. The van der Waals surface area contributed by atoms with Crippen molar-refractivity contribution in [1.29, 1.82) is 0 Å². The molecular weight excluding hydrogens is 292 g/mol. The Bertz CT molecular complexity index is 708. The molecule has 3 rings (SSSR count). The minimum Gasteiger partial charge on any atom is -0.347 e. The Labute approximate surface area is 123 Å². The van der Waals surface area contributed by atoms with E-state index in [0.29, 0.717) is 19.6 Å². The van der Waals surface area contributed by atoms with Crippen LogP contribution in [0.1, 0.15) is 11.9 Å². The lowest BCUT2D eigenvalue weighted by Crippen LogP contribution is -2.49. The van der Waals surface area contributed by atoms with Crippen molar-refractivity contribution in [2.45, 2.75) is 11.1 Å². The minimum absolute atomic E-state index is 0.0725. The molecule has 0 bridgehead atoms.